The third-order valence-corrected chi connectivity index (χ3v) is 3.34. The van der Waals surface area contributed by atoms with Gasteiger partial charge in [0.2, 0.25) is 0 Å². The number of hydrogen-bond donors (Lipinski definition) is 1. The fourth-order valence-electron chi connectivity index (χ4n) is 1.07. The number of nitrogens with one attached hydrogen (secondary N) is 1. The summed E-state index contributed by atoms with van der Waals surface area (Å²) >= 11 is 0. The van der Waals surface area contributed by atoms with Crippen LogP contribution in [0.5, 0.6) is 0 Å². The van der Waals surface area contributed by atoms with Gasteiger partial charge in [0.15, 0.2) is 0 Å². The maximum atomic E-state index is 11.5. The van der Waals surface area contributed by atoms with Crippen LogP contribution in [-0.4, -0.2) is 64.1 Å². The Morgan fingerprint density at radius 1 is 1.53 bits per heavy atom. The molecule has 1 amide bonds. The molecule has 0 aromatic carbocycles. The first kappa shape index (κ1) is 12.2. The van der Waals surface area contributed by atoms with E-state index < -0.39 is 16.3 Å². The minimum Gasteiger partial charge on any atom is -0.447 e. The molecule has 0 aliphatic carbocycles. The van der Waals surface area contributed by atoms with E-state index in [4.69, 9.17) is 0 Å². The van der Waals surface area contributed by atoms with Crippen molar-refractivity contribution >= 4 is 16.3 Å². The summed E-state index contributed by atoms with van der Waals surface area (Å²) < 4.78 is 30.6. The van der Waals surface area contributed by atoms with E-state index in [1.807, 2.05) is 19.0 Å². The van der Waals surface area contributed by atoms with E-state index in [0.717, 1.165) is 0 Å². The van der Waals surface area contributed by atoms with Crippen LogP contribution < -0.4 is 4.72 Å². The van der Waals surface area contributed by atoms with Crippen LogP contribution in [0.1, 0.15) is 0 Å². The van der Waals surface area contributed by atoms with Gasteiger partial charge in [-0.05, 0) is 14.1 Å². The zero-order valence-electron chi connectivity index (χ0n) is 8.76. The van der Waals surface area contributed by atoms with Gasteiger partial charge in [0.25, 0.3) is 0 Å². The maximum absolute atomic E-state index is 11.5. The van der Waals surface area contributed by atoms with E-state index >= 15 is 0 Å². The summed E-state index contributed by atoms with van der Waals surface area (Å²) in [5.41, 5.74) is 0. The predicted octanol–water partition coefficient (Wildman–Crippen LogP) is -1.17. The smallest absolute Gasteiger partial charge is 0.424 e. The number of amides is 1. The van der Waals surface area contributed by atoms with Gasteiger partial charge in [-0.3, -0.25) is 0 Å². The fourth-order valence-corrected chi connectivity index (χ4v) is 2.14. The van der Waals surface area contributed by atoms with Crippen molar-refractivity contribution in [1.82, 2.24) is 13.9 Å². The van der Waals surface area contributed by atoms with E-state index in [1.165, 1.54) is 0 Å². The molecule has 0 radical (unpaired) electrons. The Kier molecular flexibility index (Phi) is 3.89. The van der Waals surface area contributed by atoms with Gasteiger partial charge in [0.1, 0.15) is 6.61 Å². The van der Waals surface area contributed by atoms with Crippen molar-refractivity contribution in [1.29, 1.82) is 0 Å². The molecule has 0 bridgehead atoms. The summed E-state index contributed by atoms with van der Waals surface area (Å²) in [6.45, 7) is 1.03. The molecule has 0 atom stereocenters. The first-order valence-corrected chi connectivity index (χ1v) is 5.96. The third-order valence-electron chi connectivity index (χ3n) is 1.86. The van der Waals surface area contributed by atoms with Crippen LogP contribution in [0.2, 0.25) is 0 Å². The van der Waals surface area contributed by atoms with E-state index in [9.17, 15) is 13.2 Å². The number of carbonyl (C=O) groups is 1. The number of ether oxygens (including phenoxy) is 1. The summed E-state index contributed by atoms with van der Waals surface area (Å²) in [5, 5.41) is 0. The molecule has 8 heteroatoms. The SMILES string of the molecule is CN(C)CCNS(=O)(=O)N1CCOC1=O. The Morgan fingerprint density at radius 2 is 2.20 bits per heavy atom. The van der Waals surface area contributed by atoms with Crippen LogP contribution in [0, 0.1) is 0 Å². The van der Waals surface area contributed by atoms with Crippen molar-refractivity contribution in [3.05, 3.63) is 0 Å². The third kappa shape index (κ3) is 3.33. The Morgan fingerprint density at radius 3 is 2.67 bits per heavy atom. The largest absolute Gasteiger partial charge is 0.447 e. The quantitative estimate of drug-likeness (QED) is 0.652. The highest BCUT2D eigenvalue weighted by Crippen LogP contribution is 2.07. The zero-order valence-corrected chi connectivity index (χ0v) is 9.58. The Bertz CT molecular complexity index is 327. The molecular formula is C7H15N3O4S. The number of carbonyl (C=O) groups excluding carboxylic acids is 1. The lowest BCUT2D eigenvalue weighted by Crippen LogP contribution is -2.43. The van der Waals surface area contributed by atoms with Gasteiger partial charge >= 0.3 is 16.3 Å². The van der Waals surface area contributed by atoms with Crippen LogP contribution >= 0.6 is 0 Å². The van der Waals surface area contributed by atoms with E-state index in [0.29, 0.717) is 10.8 Å². The van der Waals surface area contributed by atoms with E-state index in [-0.39, 0.29) is 19.7 Å². The molecule has 1 heterocycles. The summed E-state index contributed by atoms with van der Waals surface area (Å²) in [6, 6.07) is 0. The zero-order chi connectivity index (χ0) is 11.5. The fraction of sp³-hybridized carbons (Fsp3) is 0.857. The lowest BCUT2D eigenvalue weighted by Gasteiger charge is -2.15. The van der Waals surface area contributed by atoms with Crippen molar-refractivity contribution in [3.63, 3.8) is 0 Å². The number of rotatable bonds is 5. The van der Waals surface area contributed by atoms with Gasteiger partial charge < -0.3 is 9.64 Å². The summed E-state index contributed by atoms with van der Waals surface area (Å²) in [5.74, 6) is 0. The van der Waals surface area contributed by atoms with Crippen molar-refractivity contribution in [2.45, 2.75) is 0 Å². The standard InChI is InChI=1S/C7H15N3O4S/c1-9(2)4-3-8-15(12,13)10-5-6-14-7(10)11/h8H,3-6H2,1-2H3. The molecule has 88 valence electrons. The monoisotopic (exact) mass is 237 g/mol. The van der Waals surface area contributed by atoms with Crippen LogP contribution in [0.15, 0.2) is 0 Å². The van der Waals surface area contributed by atoms with Gasteiger partial charge in [-0.1, -0.05) is 0 Å². The number of hydrogen-bond acceptors (Lipinski definition) is 5. The molecule has 0 aromatic heterocycles. The Hall–Kier alpha value is -0.860. The highest BCUT2D eigenvalue weighted by molar-refractivity contribution is 7.87. The molecule has 0 spiro atoms. The highest BCUT2D eigenvalue weighted by Gasteiger charge is 2.32. The van der Waals surface area contributed by atoms with Crippen molar-refractivity contribution in [2.24, 2.45) is 0 Å². The average molecular weight is 237 g/mol. The second-order valence-corrected chi connectivity index (χ2v) is 5.07. The molecule has 0 saturated carbocycles. The van der Waals surface area contributed by atoms with Crippen molar-refractivity contribution in [3.8, 4) is 0 Å². The molecule has 1 saturated heterocycles. The predicted molar refractivity (Wildman–Crippen MR) is 53.5 cm³/mol. The first-order chi connectivity index (χ1) is 6.93. The molecule has 1 N–H and O–H groups in total. The van der Waals surface area contributed by atoms with Crippen LogP contribution in [0.25, 0.3) is 0 Å². The molecule has 0 unspecified atom stereocenters. The molecule has 1 fully saturated rings. The molecule has 0 aromatic rings. The van der Waals surface area contributed by atoms with Gasteiger partial charge in [0, 0.05) is 13.1 Å². The summed E-state index contributed by atoms with van der Waals surface area (Å²) in [4.78, 5) is 12.8. The minimum atomic E-state index is -3.72. The topological polar surface area (TPSA) is 79.0 Å². The lowest BCUT2D eigenvalue weighted by molar-refractivity contribution is 0.169. The lowest BCUT2D eigenvalue weighted by atomic mass is 10.6. The number of nitrogens with zero attached hydrogens (tertiary/aromatic N) is 2. The first-order valence-electron chi connectivity index (χ1n) is 4.52. The van der Waals surface area contributed by atoms with Gasteiger partial charge in [-0.15, -0.1) is 0 Å². The number of likely N-dealkylation sites (N-methyl/N-ethyl adjacent to an activating group) is 1. The van der Waals surface area contributed by atoms with Gasteiger partial charge in [0.05, 0.1) is 6.54 Å². The van der Waals surface area contributed by atoms with Crippen LogP contribution in [-0.2, 0) is 14.9 Å². The van der Waals surface area contributed by atoms with E-state index in [2.05, 4.69) is 9.46 Å². The average Bonchev–Trinajstić information content (AvgIpc) is 2.50. The summed E-state index contributed by atoms with van der Waals surface area (Å²) in [6.07, 6.45) is -0.813. The normalized spacial score (nSPS) is 17.3. The van der Waals surface area contributed by atoms with Crippen LogP contribution in [0.3, 0.4) is 0 Å². The summed E-state index contributed by atoms with van der Waals surface area (Å²) in [7, 11) is -0.0592. The molecular weight excluding hydrogens is 222 g/mol. The molecule has 1 aliphatic rings. The van der Waals surface area contributed by atoms with Crippen molar-refractivity contribution < 1.29 is 17.9 Å². The maximum Gasteiger partial charge on any atom is 0.424 e. The van der Waals surface area contributed by atoms with Crippen LogP contribution in [0.4, 0.5) is 4.79 Å². The van der Waals surface area contributed by atoms with Crippen molar-refractivity contribution in [2.75, 3.05) is 40.3 Å². The number of cyclic esters (lactones) is 1. The molecule has 7 nitrogen and oxygen atoms in total. The molecule has 15 heavy (non-hydrogen) atoms. The molecule has 1 rings (SSSR count). The Balaban J connectivity index is 2.48. The second kappa shape index (κ2) is 4.77. The highest BCUT2D eigenvalue weighted by atomic mass is 32.2. The van der Waals surface area contributed by atoms with E-state index in [1.54, 1.807) is 0 Å². The minimum absolute atomic E-state index is 0.0795. The van der Waals surface area contributed by atoms with Gasteiger partial charge in [-0.2, -0.15) is 17.4 Å². The molecule has 1 aliphatic heterocycles. The Labute approximate surface area is 89.2 Å². The second-order valence-electron chi connectivity index (χ2n) is 3.39. The van der Waals surface area contributed by atoms with Gasteiger partial charge in [-0.25, -0.2) is 4.79 Å².